The molecule has 3 rings (SSSR count). The van der Waals surface area contributed by atoms with E-state index in [0.717, 1.165) is 34.4 Å². The van der Waals surface area contributed by atoms with E-state index in [2.05, 4.69) is 34.1 Å². The van der Waals surface area contributed by atoms with Crippen LogP contribution in [0.1, 0.15) is 30.5 Å². The third-order valence-electron chi connectivity index (χ3n) is 4.66. The van der Waals surface area contributed by atoms with Crippen molar-refractivity contribution < 1.29 is 9.13 Å². The van der Waals surface area contributed by atoms with Crippen molar-refractivity contribution in [3.05, 3.63) is 83.2 Å². The fourth-order valence-corrected chi connectivity index (χ4v) is 4.44. The lowest BCUT2D eigenvalue weighted by atomic mass is 9.95. The highest BCUT2D eigenvalue weighted by Gasteiger charge is 2.15. The fraction of sp³-hybridized carbons (Fsp3) is 0.174. The molecule has 0 saturated heterocycles. The Morgan fingerprint density at radius 2 is 1.90 bits per heavy atom. The number of anilines is 1. The molecule has 3 aromatic carbocycles. The van der Waals surface area contributed by atoms with E-state index in [1.807, 2.05) is 54.6 Å². The van der Waals surface area contributed by atoms with Crippen LogP contribution in [0, 0.1) is 11.2 Å². The Morgan fingerprint density at radius 1 is 1.14 bits per heavy atom. The summed E-state index contributed by atoms with van der Waals surface area (Å²) >= 11 is 2.21. The Bertz CT molecular complexity index is 1010. The second kappa shape index (κ2) is 10.2. The molecule has 29 heavy (non-hydrogen) atoms. The molecular formula is C23H23FIN2OP. The summed E-state index contributed by atoms with van der Waals surface area (Å²) in [6.07, 6.45) is 1.20. The SMILES string of the molecule is CCc1cc(OCc2ccccc2)ccc1-c1cc(F)c(C(C)=N)c(NPI)c1. The number of nitrogens with one attached hydrogen (secondary N) is 2. The van der Waals surface area contributed by atoms with Crippen molar-refractivity contribution in [2.24, 2.45) is 0 Å². The third kappa shape index (κ3) is 5.34. The quantitative estimate of drug-likeness (QED) is 0.185. The summed E-state index contributed by atoms with van der Waals surface area (Å²) in [5.74, 6) is 0.424. The molecule has 0 amide bonds. The van der Waals surface area contributed by atoms with Gasteiger partial charge in [0, 0.05) is 12.1 Å². The van der Waals surface area contributed by atoms with Gasteiger partial charge >= 0.3 is 0 Å². The highest BCUT2D eigenvalue weighted by molar-refractivity contribution is 14.2. The zero-order valence-corrected chi connectivity index (χ0v) is 19.5. The molecule has 0 aromatic heterocycles. The standard InChI is InChI=1S/C23H23FIN2OP/c1-3-17-11-19(28-14-16-7-5-4-6-8-16)9-10-20(17)18-12-21(24)23(15(2)26)22(13-18)27-29-25/h4-13,26-27,29H,3,14H2,1-2H3. The maximum atomic E-state index is 14.8. The van der Waals surface area contributed by atoms with Crippen LogP contribution in [-0.4, -0.2) is 5.71 Å². The molecule has 0 fully saturated rings. The molecule has 0 aliphatic rings. The first-order chi connectivity index (χ1) is 14.0. The smallest absolute Gasteiger partial charge is 0.134 e. The molecule has 1 unspecified atom stereocenters. The normalized spacial score (nSPS) is 11.0. The van der Waals surface area contributed by atoms with E-state index in [4.69, 9.17) is 10.1 Å². The van der Waals surface area contributed by atoms with Crippen LogP contribution in [0.15, 0.2) is 60.7 Å². The van der Waals surface area contributed by atoms with Gasteiger partial charge in [0.15, 0.2) is 0 Å². The molecule has 0 aliphatic carbocycles. The van der Waals surface area contributed by atoms with E-state index in [1.165, 1.54) is 6.07 Å². The maximum absolute atomic E-state index is 14.8. The van der Waals surface area contributed by atoms with Crippen LogP contribution in [0.5, 0.6) is 5.75 Å². The minimum atomic E-state index is -0.376. The topological polar surface area (TPSA) is 45.1 Å². The Balaban J connectivity index is 1.93. The summed E-state index contributed by atoms with van der Waals surface area (Å²) in [7, 11) is 0. The second-order valence-electron chi connectivity index (χ2n) is 6.67. The zero-order chi connectivity index (χ0) is 20.8. The first-order valence-corrected chi connectivity index (χ1v) is 13.5. The molecule has 3 aromatic rings. The lowest BCUT2D eigenvalue weighted by molar-refractivity contribution is 0.306. The van der Waals surface area contributed by atoms with Crippen LogP contribution in [0.3, 0.4) is 0 Å². The van der Waals surface area contributed by atoms with Crippen LogP contribution in [0.2, 0.25) is 0 Å². The molecule has 0 spiro atoms. The number of aryl methyl sites for hydroxylation is 1. The van der Waals surface area contributed by atoms with E-state index in [-0.39, 0.29) is 11.5 Å². The number of rotatable bonds is 8. The van der Waals surface area contributed by atoms with Gasteiger partial charge < -0.3 is 15.2 Å². The van der Waals surface area contributed by atoms with Crippen LogP contribution in [0.4, 0.5) is 10.1 Å². The van der Waals surface area contributed by atoms with Gasteiger partial charge in [-0.25, -0.2) is 4.39 Å². The highest BCUT2D eigenvalue weighted by Crippen LogP contribution is 2.35. The van der Waals surface area contributed by atoms with Crippen LogP contribution < -0.4 is 9.82 Å². The Morgan fingerprint density at radius 3 is 2.55 bits per heavy atom. The van der Waals surface area contributed by atoms with E-state index in [9.17, 15) is 4.39 Å². The molecule has 0 radical (unpaired) electrons. The van der Waals surface area contributed by atoms with Gasteiger partial charge in [0.25, 0.3) is 0 Å². The predicted octanol–water partition coefficient (Wildman–Crippen LogP) is 7.38. The summed E-state index contributed by atoms with van der Waals surface area (Å²) in [6, 6.07) is 19.4. The van der Waals surface area contributed by atoms with Gasteiger partial charge in [0.05, 0.1) is 11.3 Å². The Hall–Kier alpha value is -1.98. The number of benzene rings is 3. The second-order valence-corrected chi connectivity index (χ2v) is 8.73. The van der Waals surface area contributed by atoms with E-state index in [1.54, 1.807) is 6.92 Å². The zero-order valence-electron chi connectivity index (χ0n) is 16.4. The van der Waals surface area contributed by atoms with Crippen molar-refractivity contribution in [1.29, 1.82) is 5.41 Å². The highest BCUT2D eigenvalue weighted by atomic mass is 127. The van der Waals surface area contributed by atoms with Crippen molar-refractivity contribution in [3.63, 3.8) is 0 Å². The Labute approximate surface area is 185 Å². The van der Waals surface area contributed by atoms with Crippen LogP contribution >= 0.6 is 28.4 Å². The number of ether oxygens (including phenoxy) is 1. The number of hydrogen-bond acceptors (Lipinski definition) is 3. The molecule has 2 N–H and O–H groups in total. The van der Waals surface area contributed by atoms with Gasteiger partial charge in [0.2, 0.25) is 0 Å². The van der Waals surface area contributed by atoms with E-state index >= 15 is 0 Å². The largest absolute Gasteiger partial charge is 0.489 e. The first-order valence-electron chi connectivity index (χ1n) is 9.34. The molecule has 6 heteroatoms. The minimum absolute atomic E-state index is 0.214. The van der Waals surface area contributed by atoms with Crippen molar-refractivity contribution in [2.75, 3.05) is 5.09 Å². The minimum Gasteiger partial charge on any atom is -0.489 e. The maximum Gasteiger partial charge on any atom is 0.134 e. The molecule has 0 heterocycles. The van der Waals surface area contributed by atoms with Gasteiger partial charge in [-0.15, -0.1) is 0 Å². The van der Waals surface area contributed by atoms with Crippen molar-refractivity contribution >= 4 is 39.8 Å². The Kier molecular flexibility index (Phi) is 7.62. The lowest BCUT2D eigenvalue weighted by Crippen LogP contribution is -2.03. The van der Waals surface area contributed by atoms with Gasteiger partial charge in [-0.2, -0.15) is 0 Å². The molecule has 0 bridgehead atoms. The summed E-state index contributed by atoms with van der Waals surface area (Å²) < 4.78 is 20.7. The summed E-state index contributed by atoms with van der Waals surface area (Å²) in [6.45, 7) is 4.20. The van der Waals surface area contributed by atoms with E-state index < -0.39 is 0 Å². The lowest BCUT2D eigenvalue weighted by Gasteiger charge is -2.16. The van der Waals surface area contributed by atoms with Gasteiger partial charge in [-0.1, -0.05) is 43.3 Å². The summed E-state index contributed by atoms with van der Waals surface area (Å²) in [5.41, 5.74) is 5.20. The number of halogens is 2. The fourth-order valence-electron chi connectivity index (χ4n) is 3.27. The average molecular weight is 520 g/mol. The van der Waals surface area contributed by atoms with Crippen LogP contribution in [-0.2, 0) is 13.0 Å². The van der Waals surface area contributed by atoms with Gasteiger partial charge in [-0.05, 0) is 81.9 Å². The van der Waals surface area contributed by atoms with Crippen molar-refractivity contribution in [3.8, 4) is 16.9 Å². The van der Waals surface area contributed by atoms with Gasteiger partial charge in [0.1, 0.15) is 18.2 Å². The molecule has 1 atom stereocenters. The summed E-state index contributed by atoms with van der Waals surface area (Å²) in [5, 5.41) is 11.1. The van der Waals surface area contributed by atoms with Crippen molar-refractivity contribution in [1.82, 2.24) is 0 Å². The summed E-state index contributed by atoms with van der Waals surface area (Å²) in [4.78, 5) is 0. The van der Waals surface area contributed by atoms with Gasteiger partial charge in [-0.3, -0.25) is 0 Å². The molecular weight excluding hydrogens is 497 g/mol. The molecule has 0 aliphatic heterocycles. The van der Waals surface area contributed by atoms with Crippen LogP contribution in [0.25, 0.3) is 11.1 Å². The number of hydrogen-bond donors (Lipinski definition) is 2. The van der Waals surface area contributed by atoms with Crippen molar-refractivity contribution in [2.45, 2.75) is 26.9 Å². The molecule has 3 nitrogen and oxygen atoms in total. The molecule has 150 valence electrons. The predicted molar refractivity (Wildman–Crippen MR) is 130 cm³/mol. The monoisotopic (exact) mass is 520 g/mol. The first kappa shape index (κ1) is 21.7. The third-order valence-corrected chi connectivity index (χ3v) is 5.84. The van der Waals surface area contributed by atoms with E-state index in [0.29, 0.717) is 24.2 Å². The molecule has 0 saturated carbocycles. The average Bonchev–Trinajstić information content (AvgIpc) is 2.72.